The number of carbonyl (C=O) groups excluding carboxylic acids is 1. The normalized spacial score (nSPS) is 11.6. The highest BCUT2D eigenvalue weighted by atomic mass is 16.1. The molecule has 0 saturated heterocycles. The van der Waals surface area contributed by atoms with Gasteiger partial charge in [-0.15, -0.1) is 0 Å². The molecule has 0 aliphatic heterocycles. The third-order valence-corrected chi connectivity index (χ3v) is 1.60. The predicted octanol–water partition coefficient (Wildman–Crippen LogP) is -0.421. The van der Waals surface area contributed by atoms with Gasteiger partial charge in [-0.25, -0.2) is 0 Å². The Kier molecular flexibility index (Phi) is 4.85. The van der Waals surface area contributed by atoms with E-state index >= 15 is 0 Å². The van der Waals surface area contributed by atoms with Crippen LogP contribution in [0.1, 0.15) is 26.7 Å². The van der Waals surface area contributed by atoms with Crippen molar-refractivity contribution < 1.29 is 4.79 Å². The van der Waals surface area contributed by atoms with Gasteiger partial charge in [0.25, 0.3) is 0 Å². The van der Waals surface area contributed by atoms with Crippen molar-refractivity contribution in [1.29, 1.82) is 0 Å². The smallest absolute Gasteiger partial charge is 0.219 e. The first-order valence-corrected chi connectivity index (χ1v) is 4.21. The van der Waals surface area contributed by atoms with Gasteiger partial charge >= 0.3 is 0 Å². The van der Waals surface area contributed by atoms with Gasteiger partial charge in [-0.05, 0) is 33.4 Å². The maximum absolute atomic E-state index is 10.6. The molecule has 0 aromatic carbocycles. The third kappa shape index (κ3) is 6.12. The Bertz CT molecular complexity index is 145. The molecular formula is C8H19N3O. The fraction of sp³-hybridized carbons (Fsp3) is 0.875. The van der Waals surface area contributed by atoms with Crippen LogP contribution >= 0.6 is 0 Å². The molecule has 0 saturated carbocycles. The number of nitrogens with one attached hydrogen (secondary N) is 1. The highest BCUT2D eigenvalue weighted by molar-refractivity contribution is 5.74. The highest BCUT2D eigenvalue weighted by Gasteiger charge is 2.18. The molecule has 12 heavy (non-hydrogen) atoms. The third-order valence-electron chi connectivity index (χ3n) is 1.60. The summed E-state index contributed by atoms with van der Waals surface area (Å²) in [4.78, 5) is 10.6. The van der Waals surface area contributed by atoms with Crippen LogP contribution in [0.5, 0.6) is 0 Å². The average Bonchev–Trinajstić information content (AvgIpc) is 1.84. The van der Waals surface area contributed by atoms with Crippen molar-refractivity contribution >= 4 is 5.91 Å². The Labute approximate surface area is 73.7 Å². The van der Waals surface area contributed by atoms with Crippen LogP contribution in [0.4, 0.5) is 0 Å². The Balaban J connectivity index is 3.63. The average molecular weight is 173 g/mol. The molecular weight excluding hydrogens is 154 g/mol. The number of amides is 1. The van der Waals surface area contributed by atoms with E-state index in [9.17, 15) is 4.79 Å². The zero-order valence-electron chi connectivity index (χ0n) is 7.89. The van der Waals surface area contributed by atoms with Crippen molar-refractivity contribution in [3.63, 3.8) is 0 Å². The van der Waals surface area contributed by atoms with Crippen molar-refractivity contribution in [3.05, 3.63) is 0 Å². The second kappa shape index (κ2) is 5.11. The predicted molar refractivity (Wildman–Crippen MR) is 49.6 cm³/mol. The molecule has 0 aliphatic rings. The Morgan fingerprint density at radius 2 is 2.08 bits per heavy atom. The zero-order chi connectivity index (χ0) is 9.61. The molecule has 5 N–H and O–H groups in total. The molecule has 0 radical (unpaired) electrons. The number of primary amides is 1. The van der Waals surface area contributed by atoms with Crippen LogP contribution in [-0.2, 0) is 4.79 Å². The first-order valence-electron chi connectivity index (χ1n) is 4.21. The van der Waals surface area contributed by atoms with E-state index in [1.54, 1.807) is 0 Å². The quantitative estimate of drug-likeness (QED) is 0.477. The van der Waals surface area contributed by atoms with Gasteiger partial charge in [-0.3, -0.25) is 4.79 Å². The lowest BCUT2D eigenvalue weighted by Gasteiger charge is -2.24. The van der Waals surface area contributed by atoms with Gasteiger partial charge in [0.1, 0.15) is 0 Å². The fourth-order valence-corrected chi connectivity index (χ4v) is 1.03. The van der Waals surface area contributed by atoms with Crippen molar-refractivity contribution in [3.8, 4) is 0 Å². The number of nitrogens with two attached hydrogens (primary N) is 2. The van der Waals surface area contributed by atoms with Gasteiger partial charge in [0, 0.05) is 12.0 Å². The first-order chi connectivity index (χ1) is 5.48. The molecule has 4 nitrogen and oxygen atoms in total. The monoisotopic (exact) mass is 173 g/mol. The molecule has 1 amide bonds. The lowest BCUT2D eigenvalue weighted by molar-refractivity contribution is -0.119. The van der Waals surface area contributed by atoms with Gasteiger partial charge in [-0.2, -0.15) is 0 Å². The number of rotatable bonds is 6. The SMILES string of the molecule is CC(C)(CC(N)=O)NCCCN. The van der Waals surface area contributed by atoms with E-state index in [4.69, 9.17) is 11.5 Å². The fourth-order valence-electron chi connectivity index (χ4n) is 1.03. The van der Waals surface area contributed by atoms with E-state index in [1.807, 2.05) is 13.8 Å². The molecule has 0 atom stereocenters. The van der Waals surface area contributed by atoms with E-state index in [0.717, 1.165) is 13.0 Å². The van der Waals surface area contributed by atoms with E-state index < -0.39 is 0 Å². The largest absolute Gasteiger partial charge is 0.370 e. The first kappa shape index (κ1) is 11.4. The maximum Gasteiger partial charge on any atom is 0.219 e. The van der Waals surface area contributed by atoms with Gasteiger partial charge in [-0.1, -0.05) is 0 Å². The molecule has 0 bridgehead atoms. The summed E-state index contributed by atoms with van der Waals surface area (Å²) in [5, 5.41) is 3.21. The summed E-state index contributed by atoms with van der Waals surface area (Å²) in [6, 6.07) is 0. The van der Waals surface area contributed by atoms with Crippen LogP contribution in [0.2, 0.25) is 0 Å². The van der Waals surface area contributed by atoms with Crippen LogP contribution in [-0.4, -0.2) is 24.5 Å². The Hall–Kier alpha value is -0.610. The van der Waals surface area contributed by atoms with Crippen LogP contribution in [0, 0.1) is 0 Å². The molecule has 0 spiro atoms. The van der Waals surface area contributed by atoms with Crippen LogP contribution in [0.15, 0.2) is 0 Å². The van der Waals surface area contributed by atoms with E-state index in [-0.39, 0.29) is 11.4 Å². The van der Waals surface area contributed by atoms with Crippen molar-refractivity contribution in [1.82, 2.24) is 5.32 Å². The van der Waals surface area contributed by atoms with E-state index in [2.05, 4.69) is 5.32 Å². The molecule has 4 heteroatoms. The maximum atomic E-state index is 10.6. The molecule has 72 valence electrons. The minimum Gasteiger partial charge on any atom is -0.370 e. The minimum absolute atomic E-state index is 0.207. The standard InChI is InChI=1S/C8H19N3O/c1-8(2,6-7(10)12)11-5-3-4-9/h11H,3-6,9H2,1-2H3,(H2,10,12). The molecule has 0 aromatic heterocycles. The summed E-state index contributed by atoms with van der Waals surface area (Å²) >= 11 is 0. The summed E-state index contributed by atoms with van der Waals surface area (Å²) in [6.07, 6.45) is 1.28. The van der Waals surface area contributed by atoms with Crippen LogP contribution < -0.4 is 16.8 Å². The van der Waals surface area contributed by atoms with E-state index in [0.29, 0.717) is 13.0 Å². The molecule has 0 unspecified atom stereocenters. The number of hydrogen-bond donors (Lipinski definition) is 3. The molecule has 0 fully saturated rings. The van der Waals surface area contributed by atoms with E-state index in [1.165, 1.54) is 0 Å². The van der Waals surface area contributed by atoms with Crippen molar-refractivity contribution in [2.45, 2.75) is 32.2 Å². The summed E-state index contributed by atoms with van der Waals surface area (Å²) in [5.41, 5.74) is 10.2. The van der Waals surface area contributed by atoms with Gasteiger partial charge in [0.15, 0.2) is 0 Å². The van der Waals surface area contributed by atoms with Crippen LogP contribution in [0.3, 0.4) is 0 Å². The summed E-state index contributed by atoms with van der Waals surface area (Å²) < 4.78 is 0. The molecule has 0 rings (SSSR count). The Morgan fingerprint density at radius 3 is 2.50 bits per heavy atom. The molecule has 0 aromatic rings. The summed E-state index contributed by atoms with van der Waals surface area (Å²) in [5.74, 6) is -0.278. The second-order valence-corrected chi connectivity index (χ2v) is 3.60. The lowest BCUT2D eigenvalue weighted by Crippen LogP contribution is -2.43. The Morgan fingerprint density at radius 1 is 1.50 bits per heavy atom. The highest BCUT2D eigenvalue weighted by Crippen LogP contribution is 2.06. The topological polar surface area (TPSA) is 81.1 Å². The van der Waals surface area contributed by atoms with Gasteiger partial charge < -0.3 is 16.8 Å². The summed E-state index contributed by atoms with van der Waals surface area (Å²) in [6.45, 7) is 5.40. The number of carbonyl (C=O) groups is 1. The second-order valence-electron chi connectivity index (χ2n) is 3.60. The molecule has 0 aliphatic carbocycles. The minimum atomic E-state index is -0.278. The lowest BCUT2D eigenvalue weighted by atomic mass is 10.0. The van der Waals surface area contributed by atoms with Crippen LogP contribution in [0.25, 0.3) is 0 Å². The van der Waals surface area contributed by atoms with Gasteiger partial charge in [0.05, 0.1) is 0 Å². The molecule has 0 heterocycles. The number of hydrogen-bond acceptors (Lipinski definition) is 3. The van der Waals surface area contributed by atoms with Gasteiger partial charge in [0.2, 0.25) is 5.91 Å². The summed E-state index contributed by atoms with van der Waals surface area (Å²) in [7, 11) is 0. The zero-order valence-corrected chi connectivity index (χ0v) is 7.89. The van der Waals surface area contributed by atoms with Crippen molar-refractivity contribution in [2.75, 3.05) is 13.1 Å². The van der Waals surface area contributed by atoms with Crippen molar-refractivity contribution in [2.24, 2.45) is 11.5 Å².